The molecule has 0 saturated heterocycles. The Morgan fingerprint density at radius 1 is 1.75 bits per heavy atom. The van der Waals surface area contributed by atoms with Gasteiger partial charge in [0, 0.05) is 25.1 Å². The normalized spacial score (nSPS) is 10.9. The van der Waals surface area contributed by atoms with Crippen LogP contribution in [0.1, 0.15) is 5.69 Å². The molecular weight excluding hydrogens is 244 g/mol. The molecule has 1 aromatic heterocycles. The zero-order valence-electron chi connectivity index (χ0n) is 8.80. The third-order valence-corrected chi connectivity index (χ3v) is 3.10. The fourth-order valence-corrected chi connectivity index (χ4v) is 2.15. The molecule has 0 spiro atoms. The number of thioether (sulfide) groups is 1. The van der Waals surface area contributed by atoms with Crippen LogP contribution in [-0.4, -0.2) is 34.1 Å². The van der Waals surface area contributed by atoms with Crippen LogP contribution in [0.3, 0.4) is 0 Å². The van der Waals surface area contributed by atoms with Crippen LogP contribution < -0.4 is 10.6 Å². The smallest absolute Gasteiger partial charge is 0.204 e. The topological polar surface area (TPSA) is 86.0 Å². The number of aliphatic imine (C=N–C) groups is 1. The molecule has 1 heterocycles. The lowest BCUT2D eigenvalue weighted by atomic mass is 10.6. The van der Waals surface area contributed by atoms with Gasteiger partial charge in [-0.1, -0.05) is 0 Å². The largest absolute Gasteiger partial charge is 0.355 e. The molecule has 2 N–H and O–H groups in total. The highest BCUT2D eigenvalue weighted by Gasteiger charge is 1.97. The molecule has 0 aliphatic heterocycles. The van der Waals surface area contributed by atoms with E-state index in [2.05, 4.69) is 24.4 Å². The molecule has 0 atom stereocenters. The molecule has 0 radical (unpaired) electrons. The summed E-state index contributed by atoms with van der Waals surface area (Å²) in [4.78, 5) is 3.87. The Labute approximate surface area is 102 Å². The molecule has 16 heavy (non-hydrogen) atoms. The van der Waals surface area contributed by atoms with Crippen molar-refractivity contribution in [2.75, 3.05) is 19.3 Å². The van der Waals surface area contributed by atoms with E-state index in [1.165, 1.54) is 11.7 Å². The van der Waals surface area contributed by atoms with Crippen molar-refractivity contribution in [3.05, 3.63) is 11.9 Å². The van der Waals surface area contributed by atoms with Crippen molar-refractivity contribution in [1.82, 2.24) is 19.4 Å². The predicted molar refractivity (Wildman–Crippen MR) is 66.2 cm³/mol. The molecule has 0 aliphatic carbocycles. The molecule has 1 aromatic rings. The quantitative estimate of drug-likeness (QED) is 0.261. The van der Waals surface area contributed by atoms with Crippen molar-refractivity contribution >= 4 is 29.4 Å². The van der Waals surface area contributed by atoms with Crippen molar-refractivity contribution in [1.29, 1.82) is 5.26 Å². The summed E-state index contributed by atoms with van der Waals surface area (Å²) >= 11 is 2.98. The second-order valence-electron chi connectivity index (χ2n) is 2.69. The van der Waals surface area contributed by atoms with E-state index in [-0.39, 0.29) is 0 Å². The highest BCUT2D eigenvalue weighted by atomic mass is 32.2. The molecule has 0 unspecified atom stereocenters. The van der Waals surface area contributed by atoms with Crippen LogP contribution in [0.5, 0.6) is 0 Å². The number of guanidine groups is 1. The van der Waals surface area contributed by atoms with Gasteiger partial charge in [0.15, 0.2) is 6.19 Å². The molecule has 1 rings (SSSR count). The minimum absolute atomic E-state index is 0.499. The predicted octanol–water partition coefficient (Wildman–Crippen LogP) is 0.417. The Bertz CT molecular complexity index is 355. The Kier molecular flexibility index (Phi) is 6.29. The second-order valence-corrected chi connectivity index (χ2v) is 4.35. The van der Waals surface area contributed by atoms with E-state index in [1.807, 2.05) is 6.19 Å². The number of rotatable bonds is 5. The maximum absolute atomic E-state index is 8.39. The van der Waals surface area contributed by atoms with E-state index in [9.17, 15) is 0 Å². The van der Waals surface area contributed by atoms with E-state index >= 15 is 0 Å². The lowest BCUT2D eigenvalue weighted by Gasteiger charge is -2.05. The minimum Gasteiger partial charge on any atom is -0.355 e. The lowest BCUT2D eigenvalue weighted by molar-refractivity contribution is 0.930. The van der Waals surface area contributed by atoms with E-state index in [0.717, 1.165) is 23.7 Å². The fraction of sp³-hybridized carbons (Fsp3) is 0.500. The summed E-state index contributed by atoms with van der Waals surface area (Å²) < 4.78 is 8.03. The third kappa shape index (κ3) is 4.95. The zero-order valence-corrected chi connectivity index (χ0v) is 10.4. The molecule has 0 aromatic carbocycles. The lowest BCUT2D eigenvalue weighted by Crippen LogP contribution is -2.35. The summed E-state index contributed by atoms with van der Waals surface area (Å²) in [6.07, 6.45) is 3.59. The molecule has 0 saturated carbocycles. The summed E-state index contributed by atoms with van der Waals surface area (Å²) in [5.74, 6) is 2.28. The first-order chi connectivity index (χ1) is 7.86. The Hall–Kier alpha value is -1.33. The van der Waals surface area contributed by atoms with Gasteiger partial charge < -0.3 is 5.32 Å². The number of nitrogens with zero attached hydrogens (tertiary/aromatic N) is 4. The molecule has 0 amide bonds. The maximum Gasteiger partial charge on any atom is 0.204 e. The molecule has 86 valence electrons. The molecule has 6 nitrogen and oxygen atoms in total. The van der Waals surface area contributed by atoms with Crippen molar-refractivity contribution in [3.63, 3.8) is 0 Å². The standard InChI is InChI=1S/C8H12N6S2/c1-10-8(12-6-9)11-2-3-15-5-7-4-13-16-14-7/h4H,2-3,5H2,1H3,(H2,10,11,12). The minimum atomic E-state index is 0.499. The van der Waals surface area contributed by atoms with Crippen LogP contribution in [0.2, 0.25) is 0 Å². The highest BCUT2D eigenvalue weighted by Crippen LogP contribution is 2.08. The van der Waals surface area contributed by atoms with Gasteiger partial charge in [-0.2, -0.15) is 25.8 Å². The van der Waals surface area contributed by atoms with Gasteiger partial charge in [0.25, 0.3) is 0 Å². The molecule has 0 bridgehead atoms. The summed E-state index contributed by atoms with van der Waals surface area (Å²) in [6, 6.07) is 0. The van der Waals surface area contributed by atoms with Crippen LogP contribution in [0.4, 0.5) is 0 Å². The van der Waals surface area contributed by atoms with E-state index < -0.39 is 0 Å². The van der Waals surface area contributed by atoms with Crippen LogP contribution in [0.15, 0.2) is 11.2 Å². The number of hydrogen-bond acceptors (Lipinski definition) is 6. The Balaban J connectivity index is 2.06. The summed E-state index contributed by atoms with van der Waals surface area (Å²) in [6.45, 7) is 0.754. The van der Waals surface area contributed by atoms with Crippen LogP contribution in [0, 0.1) is 11.5 Å². The van der Waals surface area contributed by atoms with E-state index in [4.69, 9.17) is 5.26 Å². The van der Waals surface area contributed by atoms with Gasteiger partial charge in [-0.15, -0.1) is 0 Å². The van der Waals surface area contributed by atoms with Gasteiger partial charge in [0.1, 0.15) is 0 Å². The summed E-state index contributed by atoms with van der Waals surface area (Å²) in [7, 11) is 1.63. The first kappa shape index (κ1) is 12.7. The Morgan fingerprint density at radius 3 is 3.25 bits per heavy atom. The number of nitrogens with one attached hydrogen (secondary N) is 2. The van der Waals surface area contributed by atoms with Gasteiger partial charge >= 0.3 is 0 Å². The van der Waals surface area contributed by atoms with Crippen molar-refractivity contribution < 1.29 is 0 Å². The maximum atomic E-state index is 8.39. The number of hydrogen-bond donors (Lipinski definition) is 2. The van der Waals surface area contributed by atoms with Crippen LogP contribution in [-0.2, 0) is 5.75 Å². The molecule has 0 aliphatic rings. The molecule has 0 fully saturated rings. The fourth-order valence-electron chi connectivity index (χ4n) is 0.898. The molecular formula is C8H12N6S2. The van der Waals surface area contributed by atoms with Crippen LogP contribution in [0.25, 0.3) is 0 Å². The number of aromatic nitrogens is 2. The molecule has 8 heteroatoms. The van der Waals surface area contributed by atoms with Crippen molar-refractivity contribution in [3.8, 4) is 6.19 Å². The second kappa shape index (κ2) is 7.90. The summed E-state index contributed by atoms with van der Waals surface area (Å²) in [5.41, 5.74) is 1.01. The van der Waals surface area contributed by atoms with E-state index in [1.54, 1.807) is 25.0 Å². The van der Waals surface area contributed by atoms with Gasteiger partial charge in [0.2, 0.25) is 5.96 Å². The zero-order chi connectivity index (χ0) is 11.6. The summed E-state index contributed by atoms with van der Waals surface area (Å²) in [5, 5.41) is 13.9. The Morgan fingerprint density at radius 2 is 2.62 bits per heavy atom. The van der Waals surface area contributed by atoms with Gasteiger partial charge in [-0.25, -0.2) is 0 Å². The van der Waals surface area contributed by atoms with E-state index in [0.29, 0.717) is 5.96 Å². The van der Waals surface area contributed by atoms with Gasteiger partial charge in [-0.3, -0.25) is 10.3 Å². The average molecular weight is 256 g/mol. The van der Waals surface area contributed by atoms with Crippen molar-refractivity contribution in [2.24, 2.45) is 4.99 Å². The highest BCUT2D eigenvalue weighted by molar-refractivity contribution is 7.98. The van der Waals surface area contributed by atoms with Crippen LogP contribution >= 0.6 is 23.5 Å². The SMILES string of the molecule is CN=C(NC#N)NCCSCc1cnsn1. The van der Waals surface area contributed by atoms with Gasteiger partial charge in [0.05, 0.1) is 23.6 Å². The third-order valence-electron chi connectivity index (χ3n) is 1.59. The monoisotopic (exact) mass is 256 g/mol. The van der Waals surface area contributed by atoms with Gasteiger partial charge in [-0.05, 0) is 0 Å². The van der Waals surface area contributed by atoms with Crippen molar-refractivity contribution in [2.45, 2.75) is 5.75 Å². The number of nitriles is 1. The average Bonchev–Trinajstić information content (AvgIpc) is 2.80. The first-order valence-corrected chi connectivity index (χ1v) is 6.45. The first-order valence-electron chi connectivity index (χ1n) is 4.56.